The van der Waals surface area contributed by atoms with Crippen molar-refractivity contribution in [3.63, 3.8) is 0 Å². The van der Waals surface area contributed by atoms with E-state index < -0.39 is 0 Å². The van der Waals surface area contributed by atoms with Crippen LogP contribution in [0.5, 0.6) is 0 Å². The fourth-order valence-electron chi connectivity index (χ4n) is 2.66. The molecule has 1 aromatic heterocycles. The molecule has 3 heterocycles. The van der Waals surface area contributed by atoms with Crippen LogP contribution >= 0.6 is 0 Å². The van der Waals surface area contributed by atoms with Crippen LogP contribution < -0.4 is 16.0 Å². The molecule has 0 aliphatic carbocycles. The molecule has 1 aromatic rings. The molecule has 16 heavy (non-hydrogen) atoms. The number of rotatable bonds is 1. The zero-order valence-corrected chi connectivity index (χ0v) is 9.45. The van der Waals surface area contributed by atoms with E-state index in [1.165, 1.54) is 31.6 Å². The zero-order valence-electron chi connectivity index (χ0n) is 9.45. The molecular formula is C12H18N4. The highest BCUT2D eigenvalue weighted by Crippen LogP contribution is 2.36. The smallest absolute Gasteiger partial charge is 0.123 e. The first-order valence-electron chi connectivity index (χ1n) is 5.95. The van der Waals surface area contributed by atoms with Gasteiger partial charge < -0.3 is 16.0 Å². The minimum absolute atomic E-state index is 0.598. The van der Waals surface area contributed by atoms with E-state index in [9.17, 15) is 0 Å². The highest BCUT2D eigenvalue weighted by Gasteiger charge is 2.39. The van der Waals surface area contributed by atoms with Gasteiger partial charge in [0.25, 0.3) is 0 Å². The number of nitrogen functional groups attached to an aromatic ring is 1. The summed E-state index contributed by atoms with van der Waals surface area (Å²) < 4.78 is 0. The van der Waals surface area contributed by atoms with E-state index in [1.807, 2.05) is 12.3 Å². The molecule has 4 nitrogen and oxygen atoms in total. The number of aromatic nitrogens is 1. The van der Waals surface area contributed by atoms with Gasteiger partial charge in [-0.2, -0.15) is 0 Å². The van der Waals surface area contributed by atoms with Gasteiger partial charge in [-0.05, 0) is 30.4 Å². The Hall–Kier alpha value is -1.29. The summed E-state index contributed by atoms with van der Waals surface area (Å²) in [5, 5.41) is 3.39. The lowest BCUT2D eigenvalue weighted by Crippen LogP contribution is -2.58. The first-order valence-corrected chi connectivity index (χ1v) is 5.95. The molecule has 2 aliphatic heterocycles. The topological polar surface area (TPSA) is 54.2 Å². The summed E-state index contributed by atoms with van der Waals surface area (Å²) in [5.74, 6) is 0.598. The number of nitrogens with two attached hydrogens (primary N) is 1. The van der Waals surface area contributed by atoms with Crippen LogP contribution in [0.25, 0.3) is 0 Å². The van der Waals surface area contributed by atoms with Crippen LogP contribution in [-0.4, -0.2) is 31.2 Å². The Labute approximate surface area is 95.8 Å². The number of hydrogen-bond acceptors (Lipinski definition) is 4. The Kier molecular flexibility index (Phi) is 2.24. The van der Waals surface area contributed by atoms with E-state index in [2.05, 4.69) is 21.3 Å². The van der Waals surface area contributed by atoms with Crippen molar-refractivity contribution in [1.29, 1.82) is 0 Å². The highest BCUT2D eigenvalue weighted by atomic mass is 15.2. The summed E-state index contributed by atoms with van der Waals surface area (Å²) in [7, 11) is 0. The summed E-state index contributed by atoms with van der Waals surface area (Å²) in [6.45, 7) is 4.71. The molecule has 0 unspecified atom stereocenters. The number of hydrogen-bond donors (Lipinski definition) is 2. The lowest BCUT2D eigenvalue weighted by Gasteiger charge is -2.48. The normalized spacial score (nSPS) is 23.1. The van der Waals surface area contributed by atoms with Crippen LogP contribution in [-0.2, 0) is 0 Å². The second-order valence-electron chi connectivity index (χ2n) is 5.03. The first kappa shape index (κ1) is 9.90. The third kappa shape index (κ3) is 1.63. The van der Waals surface area contributed by atoms with Gasteiger partial charge in [0.15, 0.2) is 0 Å². The molecule has 0 saturated carbocycles. The van der Waals surface area contributed by atoms with Gasteiger partial charge in [0.1, 0.15) is 5.82 Å². The minimum atomic E-state index is 0.598. The quantitative estimate of drug-likeness (QED) is 0.734. The van der Waals surface area contributed by atoms with Crippen molar-refractivity contribution in [2.75, 3.05) is 36.8 Å². The Balaban J connectivity index is 1.67. The SMILES string of the molecule is Nc1ccc(N2CCC3(CC2)CNC3)cn1. The number of nitrogens with zero attached hydrogens (tertiary/aromatic N) is 2. The van der Waals surface area contributed by atoms with Crippen molar-refractivity contribution in [3.8, 4) is 0 Å². The van der Waals surface area contributed by atoms with E-state index in [0.29, 0.717) is 11.2 Å². The Morgan fingerprint density at radius 3 is 2.50 bits per heavy atom. The summed E-state index contributed by atoms with van der Waals surface area (Å²) in [6, 6.07) is 3.95. The van der Waals surface area contributed by atoms with Crippen molar-refractivity contribution in [2.45, 2.75) is 12.8 Å². The standard InChI is InChI=1S/C12H18N4/c13-11-2-1-10(7-15-11)16-5-3-12(4-6-16)8-14-9-12/h1-2,7,14H,3-6,8-9H2,(H2,13,15). The van der Waals surface area contributed by atoms with Gasteiger partial charge in [-0.25, -0.2) is 4.98 Å². The molecule has 0 aromatic carbocycles. The van der Waals surface area contributed by atoms with Crippen molar-refractivity contribution < 1.29 is 0 Å². The Morgan fingerprint density at radius 1 is 1.25 bits per heavy atom. The molecular weight excluding hydrogens is 200 g/mol. The van der Waals surface area contributed by atoms with Gasteiger partial charge in [-0.3, -0.25) is 0 Å². The molecule has 4 heteroatoms. The lowest BCUT2D eigenvalue weighted by atomic mass is 9.73. The lowest BCUT2D eigenvalue weighted by molar-refractivity contribution is 0.126. The van der Waals surface area contributed by atoms with E-state index in [4.69, 9.17) is 5.73 Å². The molecule has 0 bridgehead atoms. The van der Waals surface area contributed by atoms with E-state index >= 15 is 0 Å². The van der Waals surface area contributed by atoms with Gasteiger partial charge in [0.2, 0.25) is 0 Å². The number of anilines is 2. The monoisotopic (exact) mass is 218 g/mol. The van der Waals surface area contributed by atoms with Crippen LogP contribution in [0.3, 0.4) is 0 Å². The summed E-state index contributed by atoms with van der Waals surface area (Å²) in [5.41, 5.74) is 7.41. The molecule has 0 atom stereocenters. The van der Waals surface area contributed by atoms with Crippen molar-refractivity contribution in [1.82, 2.24) is 10.3 Å². The van der Waals surface area contributed by atoms with Gasteiger partial charge in [0, 0.05) is 26.2 Å². The predicted molar refractivity (Wildman–Crippen MR) is 65.4 cm³/mol. The third-order valence-corrected chi connectivity index (χ3v) is 3.96. The average molecular weight is 218 g/mol. The third-order valence-electron chi connectivity index (χ3n) is 3.96. The van der Waals surface area contributed by atoms with Crippen molar-refractivity contribution in [3.05, 3.63) is 18.3 Å². The van der Waals surface area contributed by atoms with Crippen LogP contribution in [0, 0.1) is 5.41 Å². The molecule has 2 saturated heterocycles. The van der Waals surface area contributed by atoms with Gasteiger partial charge in [-0.15, -0.1) is 0 Å². The second-order valence-corrected chi connectivity index (χ2v) is 5.03. The Bertz CT molecular complexity index is 359. The maximum Gasteiger partial charge on any atom is 0.123 e. The maximum absolute atomic E-state index is 5.59. The van der Waals surface area contributed by atoms with Crippen LogP contribution in [0.4, 0.5) is 11.5 Å². The zero-order chi connectivity index (χ0) is 11.0. The predicted octanol–water partition coefficient (Wildman–Crippen LogP) is 0.854. The Morgan fingerprint density at radius 2 is 2.00 bits per heavy atom. The number of pyridine rings is 1. The molecule has 0 radical (unpaired) electrons. The number of piperidine rings is 1. The molecule has 3 N–H and O–H groups in total. The first-order chi connectivity index (χ1) is 7.77. The summed E-state index contributed by atoms with van der Waals surface area (Å²) in [6.07, 6.45) is 4.47. The second kappa shape index (κ2) is 3.63. The minimum Gasteiger partial charge on any atom is -0.384 e. The van der Waals surface area contributed by atoms with Gasteiger partial charge in [-0.1, -0.05) is 0 Å². The molecule has 2 fully saturated rings. The van der Waals surface area contributed by atoms with Crippen LogP contribution in [0.1, 0.15) is 12.8 Å². The summed E-state index contributed by atoms with van der Waals surface area (Å²) >= 11 is 0. The van der Waals surface area contributed by atoms with Crippen molar-refractivity contribution in [2.24, 2.45) is 5.41 Å². The number of nitrogens with one attached hydrogen (secondary N) is 1. The molecule has 1 spiro atoms. The average Bonchev–Trinajstić information content (AvgIpc) is 2.28. The highest BCUT2D eigenvalue weighted by molar-refractivity contribution is 5.48. The molecule has 2 aliphatic rings. The molecule has 3 rings (SSSR count). The van der Waals surface area contributed by atoms with Gasteiger partial charge in [0.05, 0.1) is 11.9 Å². The van der Waals surface area contributed by atoms with Crippen LogP contribution in [0.2, 0.25) is 0 Å². The molecule has 0 amide bonds. The molecule has 86 valence electrons. The largest absolute Gasteiger partial charge is 0.384 e. The van der Waals surface area contributed by atoms with Crippen molar-refractivity contribution >= 4 is 11.5 Å². The van der Waals surface area contributed by atoms with E-state index in [0.717, 1.165) is 13.1 Å². The van der Waals surface area contributed by atoms with Gasteiger partial charge >= 0.3 is 0 Å². The van der Waals surface area contributed by atoms with E-state index in [-0.39, 0.29) is 0 Å². The van der Waals surface area contributed by atoms with Crippen LogP contribution in [0.15, 0.2) is 18.3 Å². The fraction of sp³-hybridized carbons (Fsp3) is 0.583. The maximum atomic E-state index is 5.59. The van der Waals surface area contributed by atoms with E-state index in [1.54, 1.807) is 0 Å². The summed E-state index contributed by atoms with van der Waals surface area (Å²) in [4.78, 5) is 6.56. The fourth-order valence-corrected chi connectivity index (χ4v) is 2.66.